The first kappa shape index (κ1) is 11.6. The zero-order valence-electron chi connectivity index (χ0n) is 8.70. The highest BCUT2D eigenvalue weighted by molar-refractivity contribution is 7.07. The van der Waals surface area contributed by atoms with Crippen LogP contribution in [0.2, 0.25) is 0 Å². The van der Waals surface area contributed by atoms with E-state index in [0.717, 1.165) is 6.42 Å². The highest BCUT2D eigenvalue weighted by Crippen LogP contribution is 2.25. The molecule has 1 heterocycles. The summed E-state index contributed by atoms with van der Waals surface area (Å²) in [6.07, 6.45) is 0.800. The molecule has 0 N–H and O–H groups in total. The molecule has 0 amide bonds. The van der Waals surface area contributed by atoms with E-state index >= 15 is 0 Å². The second-order valence-corrected chi connectivity index (χ2v) is 4.80. The largest absolute Gasteiger partial charge is 0.207 e. The van der Waals surface area contributed by atoms with Crippen molar-refractivity contribution in [2.75, 3.05) is 5.88 Å². The molecule has 1 unspecified atom stereocenters. The molecule has 0 saturated heterocycles. The Hall–Kier alpha value is -0.860. The number of thiophene rings is 1. The molecule has 0 aliphatic carbocycles. The van der Waals surface area contributed by atoms with Gasteiger partial charge < -0.3 is 0 Å². The standard InChI is InChI=1S/C13H12ClFS/c14-8-11(7-10-5-6-16-9-10)12-3-1-2-4-13(12)15/h1-6,9,11H,7-8H2. The molecule has 1 aromatic heterocycles. The Kier molecular flexibility index (Phi) is 3.97. The summed E-state index contributed by atoms with van der Waals surface area (Å²) in [5.41, 5.74) is 1.93. The van der Waals surface area contributed by atoms with Gasteiger partial charge in [-0.05, 0) is 40.4 Å². The van der Waals surface area contributed by atoms with Gasteiger partial charge >= 0.3 is 0 Å². The van der Waals surface area contributed by atoms with Crippen LogP contribution in [0.5, 0.6) is 0 Å². The van der Waals surface area contributed by atoms with Crippen molar-refractivity contribution in [3.63, 3.8) is 0 Å². The molecule has 2 rings (SSSR count). The SMILES string of the molecule is Fc1ccccc1C(CCl)Cc1ccsc1. The Morgan fingerprint density at radius 3 is 2.69 bits per heavy atom. The van der Waals surface area contributed by atoms with Crippen molar-refractivity contribution < 1.29 is 4.39 Å². The van der Waals surface area contributed by atoms with E-state index in [1.807, 2.05) is 17.5 Å². The lowest BCUT2D eigenvalue weighted by molar-refractivity contribution is 0.589. The smallest absolute Gasteiger partial charge is 0.126 e. The van der Waals surface area contributed by atoms with E-state index in [9.17, 15) is 4.39 Å². The molecule has 0 radical (unpaired) electrons. The first-order chi connectivity index (χ1) is 7.81. The van der Waals surface area contributed by atoms with Crippen LogP contribution in [0.15, 0.2) is 41.1 Å². The molecular weight excluding hydrogens is 243 g/mol. The summed E-state index contributed by atoms with van der Waals surface area (Å²) >= 11 is 7.58. The number of hydrogen-bond donors (Lipinski definition) is 0. The minimum Gasteiger partial charge on any atom is -0.207 e. The molecule has 0 nitrogen and oxygen atoms in total. The van der Waals surface area contributed by atoms with Crippen molar-refractivity contribution in [2.45, 2.75) is 12.3 Å². The van der Waals surface area contributed by atoms with Crippen LogP contribution in [0.3, 0.4) is 0 Å². The summed E-state index contributed by atoms with van der Waals surface area (Å²) in [4.78, 5) is 0. The van der Waals surface area contributed by atoms with E-state index in [-0.39, 0.29) is 11.7 Å². The van der Waals surface area contributed by atoms with Crippen LogP contribution in [-0.4, -0.2) is 5.88 Å². The lowest BCUT2D eigenvalue weighted by Gasteiger charge is -2.14. The normalized spacial score (nSPS) is 12.6. The number of halogens is 2. The van der Waals surface area contributed by atoms with Crippen molar-refractivity contribution in [3.05, 3.63) is 58.0 Å². The first-order valence-corrected chi connectivity index (χ1v) is 6.60. The Bertz CT molecular complexity index is 439. The molecule has 2 aromatic rings. The van der Waals surface area contributed by atoms with E-state index in [2.05, 4.69) is 11.4 Å². The highest BCUT2D eigenvalue weighted by Gasteiger charge is 2.15. The molecule has 1 aromatic carbocycles. The third kappa shape index (κ3) is 2.63. The fourth-order valence-corrected chi connectivity index (χ4v) is 2.70. The Morgan fingerprint density at radius 2 is 2.06 bits per heavy atom. The van der Waals surface area contributed by atoms with Crippen LogP contribution in [0, 0.1) is 5.82 Å². The van der Waals surface area contributed by atoms with Gasteiger partial charge in [-0.15, -0.1) is 11.6 Å². The van der Waals surface area contributed by atoms with Gasteiger partial charge in [0.05, 0.1) is 0 Å². The van der Waals surface area contributed by atoms with E-state index in [0.29, 0.717) is 11.4 Å². The predicted octanol–water partition coefficient (Wildman–Crippen LogP) is 4.45. The first-order valence-electron chi connectivity index (χ1n) is 5.12. The van der Waals surface area contributed by atoms with Crippen molar-refractivity contribution in [3.8, 4) is 0 Å². The summed E-state index contributed by atoms with van der Waals surface area (Å²) in [5.74, 6) is 0.331. The monoisotopic (exact) mass is 254 g/mol. The molecule has 0 spiro atoms. The maximum Gasteiger partial charge on any atom is 0.126 e. The summed E-state index contributed by atoms with van der Waals surface area (Å²) < 4.78 is 13.6. The van der Waals surface area contributed by atoms with E-state index in [1.54, 1.807) is 17.4 Å². The molecule has 0 saturated carbocycles. The molecule has 84 valence electrons. The molecule has 16 heavy (non-hydrogen) atoms. The van der Waals surface area contributed by atoms with Gasteiger partial charge in [0.25, 0.3) is 0 Å². The van der Waals surface area contributed by atoms with Gasteiger partial charge in [0, 0.05) is 11.8 Å². The minimum atomic E-state index is -0.164. The van der Waals surface area contributed by atoms with Crippen LogP contribution in [-0.2, 0) is 6.42 Å². The fraction of sp³-hybridized carbons (Fsp3) is 0.231. The molecule has 1 atom stereocenters. The maximum atomic E-state index is 13.6. The minimum absolute atomic E-state index is 0.0532. The number of benzene rings is 1. The summed E-state index contributed by atoms with van der Waals surface area (Å²) in [6, 6.07) is 8.92. The third-order valence-electron chi connectivity index (χ3n) is 2.59. The van der Waals surface area contributed by atoms with Crippen LogP contribution in [0.1, 0.15) is 17.0 Å². The average Bonchev–Trinajstić information content (AvgIpc) is 2.80. The van der Waals surface area contributed by atoms with Crippen LogP contribution < -0.4 is 0 Å². The van der Waals surface area contributed by atoms with E-state index in [1.165, 1.54) is 11.6 Å². The predicted molar refractivity (Wildman–Crippen MR) is 67.9 cm³/mol. The molecule has 0 aliphatic heterocycles. The molecule has 0 fully saturated rings. The average molecular weight is 255 g/mol. The van der Waals surface area contributed by atoms with Crippen LogP contribution >= 0.6 is 22.9 Å². The van der Waals surface area contributed by atoms with Crippen LogP contribution in [0.4, 0.5) is 4.39 Å². The Labute approximate surface area is 104 Å². The van der Waals surface area contributed by atoms with Crippen molar-refractivity contribution in [1.82, 2.24) is 0 Å². The summed E-state index contributed by atoms with van der Waals surface area (Å²) in [7, 11) is 0. The summed E-state index contributed by atoms with van der Waals surface area (Å²) in [6.45, 7) is 0. The third-order valence-corrected chi connectivity index (χ3v) is 3.70. The molecular formula is C13H12ClFS. The topological polar surface area (TPSA) is 0 Å². The molecule has 0 bridgehead atoms. The van der Waals surface area contributed by atoms with Gasteiger partial charge in [-0.2, -0.15) is 11.3 Å². The Balaban J connectivity index is 2.20. The Morgan fingerprint density at radius 1 is 1.25 bits per heavy atom. The van der Waals surface area contributed by atoms with E-state index in [4.69, 9.17) is 11.6 Å². The lowest BCUT2D eigenvalue weighted by atomic mass is 9.94. The van der Waals surface area contributed by atoms with Crippen molar-refractivity contribution in [1.29, 1.82) is 0 Å². The van der Waals surface area contributed by atoms with Crippen molar-refractivity contribution >= 4 is 22.9 Å². The maximum absolute atomic E-state index is 13.6. The second-order valence-electron chi connectivity index (χ2n) is 3.71. The molecule has 3 heteroatoms. The van der Waals surface area contributed by atoms with Crippen molar-refractivity contribution in [2.24, 2.45) is 0 Å². The van der Waals surface area contributed by atoms with Gasteiger partial charge in [0.15, 0.2) is 0 Å². The van der Waals surface area contributed by atoms with Gasteiger partial charge in [-0.1, -0.05) is 18.2 Å². The lowest BCUT2D eigenvalue weighted by Crippen LogP contribution is -2.06. The zero-order valence-corrected chi connectivity index (χ0v) is 10.3. The van der Waals surface area contributed by atoms with E-state index < -0.39 is 0 Å². The number of alkyl halides is 1. The fourth-order valence-electron chi connectivity index (χ4n) is 1.75. The molecule has 0 aliphatic rings. The van der Waals surface area contributed by atoms with Gasteiger partial charge in [-0.3, -0.25) is 0 Å². The highest BCUT2D eigenvalue weighted by atomic mass is 35.5. The van der Waals surface area contributed by atoms with Gasteiger partial charge in [0.1, 0.15) is 5.82 Å². The van der Waals surface area contributed by atoms with Gasteiger partial charge in [-0.25, -0.2) is 4.39 Å². The second kappa shape index (κ2) is 5.46. The zero-order chi connectivity index (χ0) is 11.4. The van der Waals surface area contributed by atoms with Gasteiger partial charge in [0.2, 0.25) is 0 Å². The quantitative estimate of drug-likeness (QED) is 0.707. The number of hydrogen-bond acceptors (Lipinski definition) is 1. The number of rotatable bonds is 4. The van der Waals surface area contributed by atoms with Crippen LogP contribution in [0.25, 0.3) is 0 Å². The summed E-state index contributed by atoms with van der Waals surface area (Å²) in [5, 5.41) is 4.11.